The quantitative estimate of drug-likeness (QED) is 0.388. The van der Waals surface area contributed by atoms with Crippen LogP contribution in [0.1, 0.15) is 66.7 Å². The molecule has 4 nitrogen and oxygen atoms in total. The number of fused-ring (bicyclic) bond motifs is 2. The summed E-state index contributed by atoms with van der Waals surface area (Å²) in [6.45, 7) is 10.7. The van der Waals surface area contributed by atoms with Gasteiger partial charge in [-0.25, -0.2) is 0 Å². The first-order valence-corrected chi connectivity index (χ1v) is 9.77. The molecule has 3 rings (SSSR count). The highest BCUT2D eigenvalue weighted by molar-refractivity contribution is 5.66. The predicted molar refractivity (Wildman–Crippen MR) is 102 cm³/mol. The molecule has 0 spiro atoms. The summed E-state index contributed by atoms with van der Waals surface area (Å²) in [6.07, 6.45) is 9.36. The Balaban J connectivity index is 1.87. The van der Waals surface area contributed by atoms with E-state index in [0.29, 0.717) is 19.1 Å². The Morgan fingerprint density at radius 3 is 2.81 bits per heavy atom. The number of carbonyl (C=O) groups excluding carboxylic acids is 1. The number of esters is 1. The maximum absolute atomic E-state index is 11.6. The van der Waals surface area contributed by atoms with Crippen molar-refractivity contribution in [1.82, 2.24) is 0 Å². The second-order valence-corrected chi connectivity index (χ2v) is 8.30. The average Bonchev–Trinajstić information content (AvgIpc) is 3.09. The Bertz CT molecular complexity index is 657. The van der Waals surface area contributed by atoms with E-state index in [-0.39, 0.29) is 23.8 Å². The number of carbonyl (C=O) groups is 1. The van der Waals surface area contributed by atoms with Crippen LogP contribution in [0.5, 0.6) is 0 Å². The first kappa shape index (κ1) is 19.4. The van der Waals surface area contributed by atoms with Crippen LogP contribution >= 0.6 is 0 Å². The summed E-state index contributed by atoms with van der Waals surface area (Å²) in [5.74, 6) is -0.234. The molecule has 1 fully saturated rings. The van der Waals surface area contributed by atoms with Crippen LogP contribution < -0.4 is 0 Å². The van der Waals surface area contributed by atoms with Gasteiger partial charge in [-0.3, -0.25) is 4.79 Å². The van der Waals surface area contributed by atoms with Gasteiger partial charge in [-0.15, -0.1) is 0 Å². The zero-order valence-electron chi connectivity index (χ0n) is 16.8. The summed E-state index contributed by atoms with van der Waals surface area (Å²) < 4.78 is 17.6. The lowest BCUT2D eigenvalue weighted by Gasteiger charge is -2.22. The minimum absolute atomic E-state index is 0.00359. The first-order valence-electron chi connectivity index (χ1n) is 9.77. The number of rotatable bonds is 1. The van der Waals surface area contributed by atoms with Crippen LogP contribution in [-0.2, 0) is 19.0 Å². The molecule has 4 atom stereocenters. The van der Waals surface area contributed by atoms with E-state index >= 15 is 0 Å². The summed E-state index contributed by atoms with van der Waals surface area (Å²) in [5.41, 5.74) is 4.98. The molecule has 3 aliphatic rings. The SMILES string of the molecule is CC(=O)O[C@H]1CC2=C(C)CO[C@H]2C=C(C)CC[C@@H]2O[C@@]2(C)CCC=C1C. The standard InChI is InChI=1S/C22H32O4/c1-14-8-9-21-22(5,26-21)10-6-7-15(2)19(25-17(4)23)12-18-16(3)13-24-20(18)11-14/h7,11,19-21H,6,8-10,12-13H2,1-5H3/t19-,20-,21-,22-/m0/s1. The molecule has 0 unspecified atom stereocenters. The van der Waals surface area contributed by atoms with Gasteiger partial charge in [0.25, 0.3) is 0 Å². The van der Waals surface area contributed by atoms with E-state index in [1.54, 1.807) is 0 Å². The topological polar surface area (TPSA) is 48.1 Å². The Morgan fingerprint density at radius 2 is 2.08 bits per heavy atom. The van der Waals surface area contributed by atoms with Gasteiger partial charge in [-0.05, 0) is 70.1 Å². The van der Waals surface area contributed by atoms with Crippen LogP contribution in [0.15, 0.2) is 34.4 Å². The van der Waals surface area contributed by atoms with Crippen molar-refractivity contribution in [3.8, 4) is 0 Å². The molecule has 26 heavy (non-hydrogen) atoms. The van der Waals surface area contributed by atoms with E-state index in [1.807, 2.05) is 0 Å². The lowest BCUT2D eigenvalue weighted by Crippen LogP contribution is -2.22. The fourth-order valence-electron chi connectivity index (χ4n) is 4.08. The molecule has 2 aliphatic heterocycles. The van der Waals surface area contributed by atoms with Crippen LogP contribution in [0.2, 0.25) is 0 Å². The summed E-state index contributed by atoms with van der Waals surface area (Å²) in [6, 6.07) is 0. The highest BCUT2D eigenvalue weighted by Gasteiger charge is 2.50. The van der Waals surface area contributed by atoms with Gasteiger partial charge >= 0.3 is 5.97 Å². The van der Waals surface area contributed by atoms with E-state index in [2.05, 4.69) is 39.8 Å². The van der Waals surface area contributed by atoms with Crippen molar-refractivity contribution >= 4 is 5.97 Å². The molecule has 0 aromatic carbocycles. The van der Waals surface area contributed by atoms with E-state index in [0.717, 1.165) is 31.3 Å². The molecule has 4 heteroatoms. The normalized spacial score (nSPS) is 35.7. The third-order valence-corrected chi connectivity index (χ3v) is 5.97. The van der Waals surface area contributed by atoms with Gasteiger partial charge in [0.15, 0.2) is 0 Å². The highest BCUT2D eigenvalue weighted by atomic mass is 16.6. The fraction of sp³-hybridized carbons (Fsp3) is 0.682. The molecule has 144 valence electrons. The fourth-order valence-corrected chi connectivity index (χ4v) is 4.08. The van der Waals surface area contributed by atoms with Gasteiger partial charge in [0.2, 0.25) is 0 Å². The highest BCUT2D eigenvalue weighted by Crippen LogP contribution is 2.44. The minimum atomic E-state index is -0.234. The Hall–Kier alpha value is -1.39. The van der Waals surface area contributed by atoms with Gasteiger partial charge < -0.3 is 14.2 Å². The maximum Gasteiger partial charge on any atom is 0.303 e. The Kier molecular flexibility index (Phi) is 5.73. The molecular formula is C22H32O4. The van der Waals surface area contributed by atoms with Crippen molar-refractivity contribution in [2.75, 3.05) is 6.61 Å². The van der Waals surface area contributed by atoms with Crippen LogP contribution in [0.4, 0.5) is 0 Å². The van der Waals surface area contributed by atoms with Crippen molar-refractivity contribution in [3.05, 3.63) is 34.4 Å². The number of hydrogen-bond acceptors (Lipinski definition) is 4. The zero-order chi connectivity index (χ0) is 18.9. The summed E-state index contributed by atoms with van der Waals surface area (Å²) in [4.78, 5) is 11.6. The van der Waals surface area contributed by atoms with Crippen LogP contribution in [-0.4, -0.2) is 36.5 Å². The van der Waals surface area contributed by atoms with E-state index in [1.165, 1.54) is 23.6 Å². The maximum atomic E-state index is 11.6. The number of ether oxygens (including phenoxy) is 3. The van der Waals surface area contributed by atoms with Crippen molar-refractivity contribution < 1.29 is 19.0 Å². The monoisotopic (exact) mass is 360 g/mol. The molecule has 1 aliphatic carbocycles. The van der Waals surface area contributed by atoms with Crippen molar-refractivity contribution in [2.24, 2.45) is 0 Å². The lowest BCUT2D eigenvalue weighted by atomic mass is 9.91. The summed E-state index contributed by atoms with van der Waals surface area (Å²) in [5, 5.41) is 0. The van der Waals surface area contributed by atoms with Crippen molar-refractivity contribution in [3.63, 3.8) is 0 Å². The second-order valence-electron chi connectivity index (χ2n) is 8.30. The molecule has 0 saturated carbocycles. The molecular weight excluding hydrogens is 328 g/mol. The summed E-state index contributed by atoms with van der Waals surface area (Å²) >= 11 is 0. The van der Waals surface area contributed by atoms with Crippen LogP contribution in [0.3, 0.4) is 0 Å². The van der Waals surface area contributed by atoms with Gasteiger partial charge in [0.05, 0.1) is 24.4 Å². The molecule has 1 saturated heterocycles. The summed E-state index contributed by atoms with van der Waals surface area (Å²) in [7, 11) is 0. The molecule has 2 heterocycles. The van der Waals surface area contributed by atoms with E-state index in [4.69, 9.17) is 14.2 Å². The molecule has 0 amide bonds. The van der Waals surface area contributed by atoms with Gasteiger partial charge in [-0.1, -0.05) is 17.7 Å². The number of epoxide rings is 1. The third kappa shape index (κ3) is 4.47. The molecule has 0 N–H and O–H groups in total. The predicted octanol–water partition coefficient (Wildman–Crippen LogP) is 4.65. The number of hydrogen-bond donors (Lipinski definition) is 0. The van der Waals surface area contributed by atoms with Crippen LogP contribution in [0, 0.1) is 0 Å². The Morgan fingerprint density at radius 1 is 1.31 bits per heavy atom. The smallest absolute Gasteiger partial charge is 0.303 e. The molecule has 0 bridgehead atoms. The minimum Gasteiger partial charge on any atom is -0.458 e. The first-order chi connectivity index (χ1) is 12.3. The molecule has 0 radical (unpaired) electrons. The molecule has 0 aromatic rings. The lowest BCUT2D eigenvalue weighted by molar-refractivity contribution is -0.144. The second kappa shape index (κ2) is 7.69. The van der Waals surface area contributed by atoms with Gasteiger partial charge in [0, 0.05) is 13.3 Å². The third-order valence-electron chi connectivity index (χ3n) is 5.97. The largest absolute Gasteiger partial charge is 0.458 e. The van der Waals surface area contributed by atoms with Crippen molar-refractivity contribution in [2.45, 2.75) is 90.6 Å². The van der Waals surface area contributed by atoms with Crippen molar-refractivity contribution in [1.29, 1.82) is 0 Å². The van der Waals surface area contributed by atoms with E-state index in [9.17, 15) is 4.79 Å². The van der Waals surface area contributed by atoms with Crippen LogP contribution in [0.25, 0.3) is 0 Å². The van der Waals surface area contributed by atoms with E-state index < -0.39 is 0 Å². The average molecular weight is 360 g/mol. The Labute approximate surface area is 157 Å². The van der Waals surface area contributed by atoms with Gasteiger partial charge in [-0.2, -0.15) is 0 Å². The van der Waals surface area contributed by atoms with Gasteiger partial charge in [0.1, 0.15) is 6.10 Å². The zero-order valence-corrected chi connectivity index (χ0v) is 16.8. The molecule has 0 aromatic heterocycles. The number of allylic oxidation sites excluding steroid dienone is 2.